The predicted molar refractivity (Wildman–Crippen MR) is 48.8 cm³/mol. The molecule has 5 N–H and O–H groups in total. The van der Waals surface area contributed by atoms with Crippen LogP contribution in [0.5, 0.6) is 0 Å². The van der Waals surface area contributed by atoms with E-state index >= 15 is 0 Å². The largest absolute Gasteiger partial charge is 0.394 e. The van der Waals surface area contributed by atoms with Gasteiger partial charge in [-0.3, -0.25) is 4.79 Å². The van der Waals surface area contributed by atoms with Gasteiger partial charge in [-0.25, -0.2) is 0 Å². The average molecular weight is 220 g/mol. The molecule has 1 saturated carbocycles. The number of rotatable bonds is 4. The van der Waals surface area contributed by atoms with Crippen LogP contribution in [0.15, 0.2) is 0 Å². The van der Waals surface area contributed by atoms with Crippen LogP contribution in [0.2, 0.25) is 0 Å². The molecule has 0 amide bonds. The van der Waals surface area contributed by atoms with Gasteiger partial charge in [-0.2, -0.15) is 0 Å². The summed E-state index contributed by atoms with van der Waals surface area (Å²) in [6, 6.07) is 0. The number of carbonyl (C=O) groups excluding carboxylic acids is 1. The van der Waals surface area contributed by atoms with Crippen molar-refractivity contribution in [1.82, 2.24) is 0 Å². The molecule has 0 radical (unpaired) electrons. The zero-order valence-electron chi connectivity index (χ0n) is 8.37. The maximum atomic E-state index is 11.2. The molecular weight excluding hydrogens is 204 g/mol. The summed E-state index contributed by atoms with van der Waals surface area (Å²) in [5.41, 5.74) is -2.00. The highest BCUT2D eigenvalue weighted by Crippen LogP contribution is 2.38. The van der Waals surface area contributed by atoms with Crippen molar-refractivity contribution in [2.45, 2.75) is 37.3 Å². The fraction of sp³-hybridized carbons (Fsp3) is 0.889. The molecule has 1 aliphatic carbocycles. The van der Waals surface area contributed by atoms with Crippen molar-refractivity contribution in [3.05, 3.63) is 0 Å². The third-order valence-electron chi connectivity index (χ3n) is 3.05. The third kappa shape index (κ3) is 1.79. The van der Waals surface area contributed by atoms with E-state index in [9.17, 15) is 20.1 Å². The van der Waals surface area contributed by atoms with Crippen molar-refractivity contribution in [2.24, 2.45) is 5.92 Å². The van der Waals surface area contributed by atoms with E-state index in [4.69, 9.17) is 10.2 Å². The monoisotopic (exact) mass is 220 g/mol. The molecule has 0 aromatic carbocycles. The van der Waals surface area contributed by atoms with Gasteiger partial charge >= 0.3 is 0 Å². The molecule has 15 heavy (non-hydrogen) atoms. The van der Waals surface area contributed by atoms with Gasteiger partial charge in [0, 0.05) is 12.3 Å². The molecule has 0 bridgehead atoms. The molecule has 0 aromatic rings. The molecule has 6 nitrogen and oxygen atoms in total. The van der Waals surface area contributed by atoms with E-state index in [2.05, 4.69) is 0 Å². The van der Waals surface area contributed by atoms with Crippen molar-refractivity contribution < 1.29 is 30.3 Å². The number of carbonyl (C=O) groups is 1. The molecule has 0 spiro atoms. The Labute approximate surface area is 86.8 Å². The summed E-state index contributed by atoms with van der Waals surface area (Å²) in [6.07, 6.45) is -4.97. The lowest BCUT2D eigenvalue weighted by molar-refractivity contribution is -0.207. The summed E-state index contributed by atoms with van der Waals surface area (Å²) in [5, 5.41) is 46.3. The van der Waals surface area contributed by atoms with Crippen LogP contribution in [-0.2, 0) is 4.79 Å². The molecule has 1 aliphatic rings. The maximum absolute atomic E-state index is 11.2. The van der Waals surface area contributed by atoms with Gasteiger partial charge in [0.25, 0.3) is 0 Å². The molecule has 1 rings (SSSR count). The maximum Gasteiger partial charge on any atom is 0.167 e. The molecule has 1 unspecified atom stereocenters. The van der Waals surface area contributed by atoms with Crippen molar-refractivity contribution in [3.63, 3.8) is 0 Å². The van der Waals surface area contributed by atoms with Gasteiger partial charge in [-0.05, 0) is 0 Å². The fourth-order valence-electron chi connectivity index (χ4n) is 1.78. The first-order valence-corrected chi connectivity index (χ1v) is 4.76. The first-order chi connectivity index (χ1) is 6.85. The Morgan fingerprint density at radius 3 is 2.33 bits per heavy atom. The lowest BCUT2D eigenvalue weighted by Crippen LogP contribution is -2.67. The van der Waals surface area contributed by atoms with Crippen LogP contribution >= 0.6 is 0 Å². The summed E-state index contributed by atoms with van der Waals surface area (Å²) in [4.78, 5) is 11.2. The first-order valence-electron chi connectivity index (χ1n) is 4.76. The van der Waals surface area contributed by atoms with Gasteiger partial charge in [0.1, 0.15) is 18.3 Å². The van der Waals surface area contributed by atoms with Crippen molar-refractivity contribution in [2.75, 3.05) is 6.61 Å². The van der Waals surface area contributed by atoms with E-state index in [1.807, 2.05) is 0 Å². The second-order valence-electron chi connectivity index (χ2n) is 4.04. The van der Waals surface area contributed by atoms with Crippen LogP contribution in [0, 0.1) is 5.92 Å². The van der Waals surface area contributed by atoms with Gasteiger partial charge in [0.05, 0.1) is 6.61 Å². The highest BCUT2D eigenvalue weighted by atomic mass is 16.4. The van der Waals surface area contributed by atoms with Crippen LogP contribution < -0.4 is 0 Å². The van der Waals surface area contributed by atoms with Crippen molar-refractivity contribution in [1.29, 1.82) is 0 Å². The second kappa shape index (κ2) is 4.15. The molecule has 0 saturated heterocycles. The highest BCUT2D eigenvalue weighted by Gasteiger charge is 2.58. The second-order valence-corrected chi connectivity index (χ2v) is 4.04. The van der Waals surface area contributed by atoms with E-state index in [0.717, 1.165) is 0 Å². The van der Waals surface area contributed by atoms with Crippen LogP contribution in [0.3, 0.4) is 0 Å². The van der Waals surface area contributed by atoms with Crippen LogP contribution in [0.4, 0.5) is 0 Å². The smallest absolute Gasteiger partial charge is 0.167 e. The van der Waals surface area contributed by atoms with Crippen molar-refractivity contribution in [3.8, 4) is 0 Å². The summed E-state index contributed by atoms with van der Waals surface area (Å²) in [6.45, 7) is 0.805. The Morgan fingerprint density at radius 1 is 1.47 bits per heavy atom. The molecule has 0 heterocycles. The topological polar surface area (TPSA) is 118 Å². The highest BCUT2D eigenvalue weighted by molar-refractivity contribution is 5.94. The van der Waals surface area contributed by atoms with Gasteiger partial charge in [-0.15, -0.1) is 0 Å². The van der Waals surface area contributed by atoms with Crippen LogP contribution in [0.1, 0.15) is 13.3 Å². The van der Waals surface area contributed by atoms with E-state index in [-0.39, 0.29) is 6.42 Å². The minimum atomic E-state index is -2.00. The summed E-state index contributed by atoms with van der Waals surface area (Å²) < 4.78 is 0. The fourth-order valence-corrected chi connectivity index (χ4v) is 1.78. The van der Waals surface area contributed by atoms with Gasteiger partial charge in [0.15, 0.2) is 11.4 Å². The number of ketones is 1. The normalized spacial score (nSPS) is 36.9. The minimum Gasteiger partial charge on any atom is -0.394 e. The van der Waals surface area contributed by atoms with E-state index in [1.165, 1.54) is 0 Å². The number of hydrogen-bond acceptors (Lipinski definition) is 6. The first kappa shape index (κ1) is 12.5. The molecule has 5 atom stereocenters. The average Bonchev–Trinajstić information content (AvgIpc) is 2.25. The van der Waals surface area contributed by atoms with Crippen LogP contribution in [-0.4, -0.2) is 61.8 Å². The third-order valence-corrected chi connectivity index (χ3v) is 3.05. The number of aliphatic hydroxyl groups is 5. The van der Waals surface area contributed by atoms with E-state index in [0.29, 0.717) is 0 Å². The zero-order chi connectivity index (χ0) is 11.8. The number of Topliss-reactive ketones (excluding diaryl/α,β-unsaturated/α-hetero) is 1. The van der Waals surface area contributed by atoms with Gasteiger partial charge in [0.2, 0.25) is 0 Å². The summed E-state index contributed by atoms with van der Waals surface area (Å²) in [5.74, 6) is -1.03. The number of hydrogen-bond donors (Lipinski definition) is 5. The standard InChI is InChI=1S/C9H16O6/c1-4-2-6(12)9(4,15)8(14)7(13)5(11)3-10/h4-5,7-8,10-11,13-15H,2-3H2,1H3/t4?,5-,7-,8+,9+/m1/s1. The van der Waals surface area contributed by atoms with Crippen molar-refractivity contribution >= 4 is 5.78 Å². The van der Waals surface area contributed by atoms with Gasteiger partial charge < -0.3 is 25.5 Å². The molecule has 6 heteroatoms. The van der Waals surface area contributed by atoms with E-state index < -0.39 is 42.2 Å². The predicted octanol–water partition coefficient (Wildman–Crippen LogP) is -2.60. The molecular formula is C9H16O6. The lowest BCUT2D eigenvalue weighted by atomic mass is 9.64. The van der Waals surface area contributed by atoms with Crippen LogP contribution in [0.25, 0.3) is 0 Å². The Kier molecular flexibility index (Phi) is 3.47. The summed E-state index contributed by atoms with van der Waals surface area (Å²) >= 11 is 0. The molecule has 88 valence electrons. The van der Waals surface area contributed by atoms with Gasteiger partial charge in [-0.1, -0.05) is 6.92 Å². The quantitative estimate of drug-likeness (QED) is 0.354. The number of aliphatic hydroxyl groups excluding tert-OH is 4. The molecule has 0 aromatic heterocycles. The van der Waals surface area contributed by atoms with E-state index in [1.54, 1.807) is 6.92 Å². The lowest BCUT2D eigenvalue weighted by Gasteiger charge is -2.46. The Hall–Kier alpha value is -0.530. The minimum absolute atomic E-state index is 0.134. The Balaban J connectivity index is 2.75. The molecule has 0 aliphatic heterocycles. The Bertz CT molecular complexity index is 255. The SMILES string of the molecule is CC1CC(=O)[C@]1(O)[C@@H](O)[C@H](O)[C@H](O)CO. The summed E-state index contributed by atoms with van der Waals surface area (Å²) in [7, 11) is 0. The zero-order valence-corrected chi connectivity index (χ0v) is 8.37. The molecule has 1 fully saturated rings. The Morgan fingerprint density at radius 2 is 2.00 bits per heavy atom.